The fourth-order valence-corrected chi connectivity index (χ4v) is 0. The van der Waals surface area contributed by atoms with E-state index < -0.39 is 21.6 Å². The van der Waals surface area contributed by atoms with Gasteiger partial charge in [0.1, 0.15) is 0 Å². The summed E-state index contributed by atoms with van der Waals surface area (Å²) in [6, 6.07) is 0. The molecule has 0 saturated heterocycles. The molecule has 0 aliphatic heterocycles. The number of carbonyl (C=O) groups is 1. The summed E-state index contributed by atoms with van der Waals surface area (Å²) in [4.78, 5) is 8.56. The van der Waals surface area contributed by atoms with Gasteiger partial charge in [0.2, 0.25) is 0 Å². The van der Waals surface area contributed by atoms with Gasteiger partial charge in [-0.25, -0.2) is 4.79 Å². The van der Waals surface area contributed by atoms with Crippen LogP contribution in [0.5, 0.6) is 0 Å². The minimum atomic E-state index is -1.83. The van der Waals surface area contributed by atoms with Crippen molar-refractivity contribution in [1.82, 2.24) is 0 Å². The third kappa shape index (κ3) is 165. The Hall–Kier alpha value is 3.14. The molecule has 0 aromatic carbocycles. The molecule has 0 aromatic rings. The van der Waals surface area contributed by atoms with Gasteiger partial charge < -0.3 is 24.2 Å². The van der Waals surface area contributed by atoms with E-state index >= 15 is 0 Å². The van der Waals surface area contributed by atoms with Gasteiger partial charge in [-0.1, -0.05) is 0 Å². The fraction of sp³-hybridized carbons (Fsp3) is 0. The van der Waals surface area contributed by atoms with Gasteiger partial charge in [0, 0.05) is 0 Å². The zero-order valence-electron chi connectivity index (χ0n) is 11.9. The van der Waals surface area contributed by atoms with E-state index in [4.69, 9.17) is 23.0 Å². The van der Waals surface area contributed by atoms with Crippen molar-refractivity contribution in [2.24, 2.45) is 0 Å². The Morgan fingerprint density at radius 2 is 1.18 bits per heavy atom. The Morgan fingerprint density at radius 3 is 1.18 bits per heavy atom. The molecule has 0 spiro atoms. The van der Waals surface area contributed by atoms with Gasteiger partial charge in [0.15, 0.2) is 0 Å². The first-order valence-electron chi connectivity index (χ1n) is 1.15. The normalized spacial score (nSPS) is 2.91. The van der Waals surface area contributed by atoms with Crippen molar-refractivity contribution in [3.05, 3.63) is 0 Å². The molecule has 11 heavy (non-hydrogen) atoms. The van der Waals surface area contributed by atoms with Gasteiger partial charge in [-0.3, -0.25) is 0 Å². The van der Waals surface area contributed by atoms with Gasteiger partial charge in [0.05, 0.1) is 0 Å². The quantitative estimate of drug-likeness (QED) is 0.432. The Balaban J connectivity index is -0.00000000187. The van der Waals surface area contributed by atoms with Crippen LogP contribution < -0.4 is 0 Å². The predicted molar refractivity (Wildman–Crippen MR) is 46.9 cm³/mol. The molecule has 0 aromatic heterocycles. The summed E-state index contributed by atoms with van der Waals surface area (Å²) in [5, 5.41) is 13.9. The Bertz CT molecular complexity index is 80.8. The van der Waals surface area contributed by atoms with Gasteiger partial charge in [-0.05, 0) is 0 Å². The molecule has 0 amide bonds. The molecule has 0 saturated carbocycles. The molecule has 10 heteroatoms. The summed E-state index contributed by atoms with van der Waals surface area (Å²) >= 11 is -1.50. The van der Waals surface area contributed by atoms with Crippen molar-refractivity contribution in [2.75, 3.05) is 0 Å². The summed E-state index contributed by atoms with van der Waals surface area (Å²) in [7, 11) is 0. The van der Waals surface area contributed by atoms with Gasteiger partial charge in [0.25, 0.3) is 0 Å². The van der Waals surface area contributed by atoms with Crippen LogP contribution in [0.15, 0.2) is 0 Å². The van der Waals surface area contributed by atoms with Crippen molar-refractivity contribution in [2.45, 2.75) is 0 Å². The van der Waals surface area contributed by atoms with E-state index in [0.717, 1.165) is 0 Å². The molecule has 0 heterocycles. The second-order valence-electron chi connectivity index (χ2n) is 0.388. The van der Waals surface area contributed by atoms with E-state index in [2.05, 4.69) is 0 Å². The predicted octanol–water partition coefficient (Wildman–Crippen LogP) is -2.13. The van der Waals surface area contributed by atoms with Crippen LogP contribution in [0, 0.1) is 0 Å². The average Bonchev–Trinajstić information content (AvgIpc) is 1.33. The number of rotatable bonds is 0. The number of carboxylic acid groups (broad SMARTS) is 2. The molecule has 0 atom stereocenters. The van der Waals surface area contributed by atoms with Gasteiger partial charge in [-0.15, -0.1) is 0 Å². The van der Waals surface area contributed by atoms with Crippen LogP contribution in [0.25, 0.3) is 0 Å². The van der Waals surface area contributed by atoms with Crippen LogP contribution in [-0.2, 0) is 3.80 Å². The Labute approximate surface area is 168 Å². The summed E-state index contributed by atoms with van der Waals surface area (Å²) < 4.78 is 15.7. The van der Waals surface area contributed by atoms with E-state index in [0.29, 0.717) is 0 Å². The molecular formula is CH11AlCa3O6. The van der Waals surface area contributed by atoms with Crippen LogP contribution >= 0.6 is 0 Å². The zero-order chi connectivity index (χ0) is 6.28. The van der Waals surface area contributed by atoms with E-state index in [1.165, 1.54) is 0 Å². The first-order chi connectivity index (χ1) is 3.15. The van der Waals surface area contributed by atoms with Crippen LogP contribution in [0.3, 0.4) is 0 Å². The van der Waals surface area contributed by atoms with Crippen molar-refractivity contribution >= 4 is 135 Å². The van der Waals surface area contributed by atoms with Crippen LogP contribution in [0.2, 0.25) is 0 Å². The van der Waals surface area contributed by atoms with E-state index in [1.54, 1.807) is 0 Å². The maximum atomic E-state index is 8.57. The third-order valence-electron chi connectivity index (χ3n) is 0. The molecule has 0 radical (unpaired) electrons. The second-order valence-corrected chi connectivity index (χ2v) is 0.599. The molecule has 60 valence electrons. The molecule has 0 bridgehead atoms. The molecule has 0 aliphatic carbocycles. The van der Waals surface area contributed by atoms with Crippen molar-refractivity contribution < 1.29 is 37.0 Å². The molecule has 6 nitrogen and oxygen atoms in total. The summed E-state index contributed by atoms with van der Waals surface area (Å²) in [5.74, 6) is 0. The third-order valence-corrected chi connectivity index (χ3v) is 0. The fourth-order valence-electron chi connectivity index (χ4n) is 0. The van der Waals surface area contributed by atoms with E-state index in [-0.39, 0.29) is 127 Å². The van der Waals surface area contributed by atoms with E-state index in [9.17, 15) is 0 Å². The topological polar surface area (TPSA) is 126 Å². The second kappa shape index (κ2) is 38.0. The van der Waals surface area contributed by atoms with Crippen molar-refractivity contribution in [3.63, 3.8) is 0 Å². The zero-order valence-corrected chi connectivity index (χ0v) is 13.6. The summed E-state index contributed by atoms with van der Waals surface area (Å²) in [6.45, 7) is 0. The van der Waals surface area contributed by atoms with Crippen LogP contribution in [0.4, 0.5) is 4.79 Å². The molecule has 0 unspecified atom stereocenters. The SMILES string of the molecule is O.O=C(O)O.[Ca+2].[Ca+2].[Ca+2].[H-].[H-].[H-].[H-].[H-].[H-].[O]=[Al][OH]. The number of hydrogen-bond acceptors (Lipinski definition) is 2. The summed E-state index contributed by atoms with van der Waals surface area (Å²) in [5.41, 5.74) is 0. The van der Waals surface area contributed by atoms with Crippen molar-refractivity contribution in [3.8, 4) is 0 Å². The molecular weight excluding hydrogens is 255 g/mol. The molecule has 0 aliphatic rings. The Morgan fingerprint density at radius 1 is 1.18 bits per heavy atom. The maximum absolute atomic E-state index is 8.57. The van der Waals surface area contributed by atoms with Gasteiger partial charge >= 0.3 is 143 Å². The minimum absolute atomic E-state index is 0. The van der Waals surface area contributed by atoms with Crippen LogP contribution in [-0.4, -0.2) is 155 Å². The molecule has 0 fully saturated rings. The Kier molecular flexibility index (Phi) is 127. The van der Waals surface area contributed by atoms with Gasteiger partial charge in [-0.2, -0.15) is 0 Å². The average molecular weight is 266 g/mol. The monoisotopic (exact) mass is 266 g/mol. The first kappa shape index (κ1) is 36.8. The summed E-state index contributed by atoms with van der Waals surface area (Å²) in [6.07, 6.45) is -1.83. The van der Waals surface area contributed by atoms with E-state index in [1.807, 2.05) is 0 Å². The standard InChI is InChI=1S/CH2O3.Al.3Ca.2H2O.O.6H/c2-1(3)4;;;;;;;;;;;;;/h(H2,2,3,4);;;;;2*1H2;;;;;;;/q;+1;3*+2;;;;6*-1/p-1. The first-order valence-corrected chi connectivity index (χ1v) is 2.13. The molecule has 5 N–H and O–H groups in total. The van der Waals surface area contributed by atoms with Crippen molar-refractivity contribution in [1.29, 1.82) is 0 Å². The molecule has 0 rings (SSSR count). The number of hydrogen-bond donors (Lipinski definition) is 3. The van der Waals surface area contributed by atoms with Crippen LogP contribution in [0.1, 0.15) is 8.56 Å².